The number of rotatable bonds is 1. The van der Waals surface area contributed by atoms with Crippen molar-refractivity contribution >= 4 is 11.6 Å². The molecule has 2 aromatic rings. The zero-order valence-corrected chi connectivity index (χ0v) is 7.44. The third-order valence-electron chi connectivity index (χ3n) is 1.60. The van der Waals surface area contributed by atoms with E-state index in [1.807, 2.05) is 18.2 Å². The molecule has 0 aliphatic rings. The van der Waals surface area contributed by atoms with Crippen LogP contribution in [0.2, 0.25) is 5.15 Å². The fraction of sp³-hybridized carbons (Fsp3) is 0. The molecule has 0 fully saturated rings. The zero-order valence-electron chi connectivity index (χ0n) is 6.68. The number of hydrogen-bond donors (Lipinski definition) is 0. The lowest BCUT2D eigenvalue weighted by Crippen LogP contribution is -1.85. The van der Waals surface area contributed by atoms with Crippen molar-refractivity contribution in [1.82, 2.24) is 15.2 Å². The van der Waals surface area contributed by atoms with E-state index in [4.69, 9.17) is 11.6 Å². The van der Waals surface area contributed by atoms with Crippen LogP contribution in [-0.4, -0.2) is 15.2 Å². The van der Waals surface area contributed by atoms with Gasteiger partial charge in [-0.15, -0.1) is 0 Å². The van der Waals surface area contributed by atoms with Crippen LogP contribution in [0.1, 0.15) is 0 Å². The molecule has 13 heavy (non-hydrogen) atoms. The van der Waals surface area contributed by atoms with Crippen LogP contribution in [0.25, 0.3) is 11.3 Å². The van der Waals surface area contributed by atoms with Gasteiger partial charge < -0.3 is 0 Å². The third-order valence-corrected chi connectivity index (χ3v) is 1.81. The minimum atomic E-state index is 0.481. The van der Waals surface area contributed by atoms with E-state index in [-0.39, 0.29) is 0 Å². The second-order valence-corrected chi connectivity index (χ2v) is 2.86. The fourth-order valence-electron chi connectivity index (χ4n) is 1.01. The SMILES string of the molecule is Clc1cccc(-c2ccnnc2)n1. The number of hydrogen-bond acceptors (Lipinski definition) is 3. The molecule has 0 unspecified atom stereocenters. The highest BCUT2D eigenvalue weighted by Crippen LogP contribution is 2.16. The first-order valence-electron chi connectivity index (χ1n) is 3.76. The Hall–Kier alpha value is -1.48. The molecule has 0 amide bonds. The molecule has 2 heterocycles. The molecule has 3 nitrogen and oxygen atoms in total. The molecule has 64 valence electrons. The van der Waals surface area contributed by atoms with Crippen molar-refractivity contribution in [3.63, 3.8) is 0 Å². The second kappa shape index (κ2) is 3.49. The molecule has 0 radical (unpaired) electrons. The van der Waals surface area contributed by atoms with Crippen LogP contribution in [0.4, 0.5) is 0 Å². The lowest BCUT2D eigenvalue weighted by Gasteiger charge is -1.98. The molecule has 0 spiro atoms. The summed E-state index contributed by atoms with van der Waals surface area (Å²) in [6.45, 7) is 0. The summed E-state index contributed by atoms with van der Waals surface area (Å²) < 4.78 is 0. The Morgan fingerprint density at radius 2 is 2.00 bits per heavy atom. The van der Waals surface area contributed by atoms with E-state index in [9.17, 15) is 0 Å². The van der Waals surface area contributed by atoms with Gasteiger partial charge in [-0.1, -0.05) is 17.7 Å². The van der Waals surface area contributed by atoms with Crippen molar-refractivity contribution in [2.75, 3.05) is 0 Å². The molecule has 0 aliphatic heterocycles. The fourth-order valence-corrected chi connectivity index (χ4v) is 1.18. The van der Waals surface area contributed by atoms with E-state index >= 15 is 0 Å². The minimum absolute atomic E-state index is 0.481. The van der Waals surface area contributed by atoms with Gasteiger partial charge in [-0.2, -0.15) is 10.2 Å². The number of halogens is 1. The highest BCUT2D eigenvalue weighted by Gasteiger charge is 1.98. The Balaban J connectivity index is 2.48. The molecule has 2 rings (SSSR count). The first-order valence-corrected chi connectivity index (χ1v) is 4.14. The van der Waals surface area contributed by atoms with Crippen LogP contribution >= 0.6 is 11.6 Å². The van der Waals surface area contributed by atoms with Gasteiger partial charge in [-0.25, -0.2) is 4.98 Å². The molecular formula is C9H6ClN3. The van der Waals surface area contributed by atoms with E-state index in [1.54, 1.807) is 18.5 Å². The Kier molecular flexibility index (Phi) is 2.19. The van der Waals surface area contributed by atoms with Crippen LogP contribution in [0.3, 0.4) is 0 Å². The maximum absolute atomic E-state index is 5.75. The van der Waals surface area contributed by atoms with E-state index in [0.717, 1.165) is 11.3 Å². The average Bonchev–Trinajstić information content (AvgIpc) is 2.19. The quantitative estimate of drug-likeness (QED) is 0.649. The first-order chi connectivity index (χ1) is 6.36. The normalized spacial score (nSPS) is 9.92. The topological polar surface area (TPSA) is 38.7 Å². The molecule has 0 aliphatic carbocycles. The van der Waals surface area contributed by atoms with Crippen LogP contribution in [0, 0.1) is 0 Å². The summed E-state index contributed by atoms with van der Waals surface area (Å²) in [6.07, 6.45) is 3.27. The van der Waals surface area contributed by atoms with Crippen molar-refractivity contribution in [2.45, 2.75) is 0 Å². The standard InChI is InChI=1S/C9H6ClN3/c10-9-3-1-2-8(13-9)7-4-5-11-12-6-7/h1-6H. The minimum Gasteiger partial charge on any atom is -0.236 e. The molecule has 0 bridgehead atoms. The summed E-state index contributed by atoms with van der Waals surface area (Å²) in [5.41, 5.74) is 1.72. The first kappa shape index (κ1) is 8.13. The lowest BCUT2D eigenvalue weighted by atomic mass is 10.2. The third kappa shape index (κ3) is 1.81. The Morgan fingerprint density at radius 1 is 1.08 bits per heavy atom. The number of nitrogens with zero attached hydrogens (tertiary/aromatic N) is 3. The smallest absolute Gasteiger partial charge is 0.129 e. The molecule has 0 atom stereocenters. The maximum Gasteiger partial charge on any atom is 0.129 e. The molecule has 0 saturated heterocycles. The van der Waals surface area contributed by atoms with Crippen molar-refractivity contribution in [2.24, 2.45) is 0 Å². The monoisotopic (exact) mass is 191 g/mol. The van der Waals surface area contributed by atoms with E-state index in [1.165, 1.54) is 0 Å². The predicted molar refractivity (Wildman–Crippen MR) is 50.3 cm³/mol. The summed E-state index contributed by atoms with van der Waals surface area (Å²) in [5.74, 6) is 0. The molecule has 4 heteroatoms. The Morgan fingerprint density at radius 3 is 2.69 bits per heavy atom. The second-order valence-electron chi connectivity index (χ2n) is 2.48. The van der Waals surface area contributed by atoms with Gasteiger partial charge in [0.2, 0.25) is 0 Å². The maximum atomic E-state index is 5.75. The van der Waals surface area contributed by atoms with Gasteiger partial charge in [0, 0.05) is 5.56 Å². The highest BCUT2D eigenvalue weighted by molar-refractivity contribution is 6.29. The van der Waals surface area contributed by atoms with Gasteiger partial charge in [0.05, 0.1) is 18.1 Å². The molecule has 0 aromatic carbocycles. The molecule has 0 N–H and O–H groups in total. The van der Waals surface area contributed by atoms with Gasteiger partial charge in [-0.05, 0) is 18.2 Å². The van der Waals surface area contributed by atoms with E-state index < -0.39 is 0 Å². The van der Waals surface area contributed by atoms with Crippen LogP contribution < -0.4 is 0 Å². The summed E-state index contributed by atoms with van der Waals surface area (Å²) in [7, 11) is 0. The van der Waals surface area contributed by atoms with E-state index in [0.29, 0.717) is 5.15 Å². The number of aromatic nitrogens is 3. The Bertz CT molecular complexity index is 403. The van der Waals surface area contributed by atoms with Crippen LogP contribution in [0.15, 0.2) is 36.7 Å². The zero-order chi connectivity index (χ0) is 9.10. The highest BCUT2D eigenvalue weighted by atomic mass is 35.5. The van der Waals surface area contributed by atoms with Crippen LogP contribution in [0.5, 0.6) is 0 Å². The van der Waals surface area contributed by atoms with Gasteiger partial charge in [0.1, 0.15) is 5.15 Å². The summed E-state index contributed by atoms with van der Waals surface area (Å²) in [4.78, 5) is 4.14. The average molecular weight is 192 g/mol. The van der Waals surface area contributed by atoms with E-state index in [2.05, 4.69) is 15.2 Å². The van der Waals surface area contributed by atoms with Gasteiger partial charge >= 0.3 is 0 Å². The van der Waals surface area contributed by atoms with Crippen molar-refractivity contribution in [3.05, 3.63) is 41.8 Å². The number of pyridine rings is 1. The molecule has 2 aromatic heterocycles. The Labute approximate surface area is 80.4 Å². The molecule has 0 saturated carbocycles. The molecular weight excluding hydrogens is 186 g/mol. The summed E-state index contributed by atoms with van der Waals surface area (Å²) in [5, 5.41) is 7.92. The predicted octanol–water partition coefficient (Wildman–Crippen LogP) is 2.19. The van der Waals surface area contributed by atoms with Gasteiger partial charge in [-0.3, -0.25) is 0 Å². The van der Waals surface area contributed by atoms with Crippen molar-refractivity contribution in [3.8, 4) is 11.3 Å². The van der Waals surface area contributed by atoms with Crippen molar-refractivity contribution < 1.29 is 0 Å². The van der Waals surface area contributed by atoms with Gasteiger partial charge in [0.25, 0.3) is 0 Å². The van der Waals surface area contributed by atoms with Crippen molar-refractivity contribution in [1.29, 1.82) is 0 Å². The summed E-state index contributed by atoms with van der Waals surface area (Å²) in [6, 6.07) is 7.30. The summed E-state index contributed by atoms with van der Waals surface area (Å²) >= 11 is 5.75. The largest absolute Gasteiger partial charge is 0.236 e. The lowest BCUT2D eigenvalue weighted by molar-refractivity contribution is 1.03. The van der Waals surface area contributed by atoms with Crippen LogP contribution in [-0.2, 0) is 0 Å². The van der Waals surface area contributed by atoms with Gasteiger partial charge in [0.15, 0.2) is 0 Å².